The van der Waals surface area contributed by atoms with E-state index < -0.39 is 0 Å². The molecule has 0 N–H and O–H groups in total. The summed E-state index contributed by atoms with van der Waals surface area (Å²) in [6, 6.07) is 5.78. The van der Waals surface area contributed by atoms with Crippen LogP contribution < -0.4 is 4.84 Å². The van der Waals surface area contributed by atoms with E-state index in [1.54, 1.807) is 22.4 Å². The molecule has 1 aliphatic rings. The number of amides is 1. The Hall–Kier alpha value is -1.82. The van der Waals surface area contributed by atoms with E-state index in [1.807, 2.05) is 23.6 Å². The number of carbonyl (C=O) groups excluding carboxylic acids is 1. The molecule has 0 radical (unpaired) electrons. The minimum atomic E-state index is -0.318. The topological polar surface area (TPSA) is 47.4 Å². The van der Waals surface area contributed by atoms with E-state index in [0.29, 0.717) is 0 Å². The molecule has 0 aromatic carbocycles. The van der Waals surface area contributed by atoms with Gasteiger partial charge >= 0.3 is 6.09 Å². The standard InChI is InChI=1S/C13H15N3O2S/c17-13(15-8-2-1-3-9-15)18-16-11(6-7-14-16)12-5-4-10-19-12/h4-7,10H,1-3,8-9H2. The summed E-state index contributed by atoms with van der Waals surface area (Å²) in [6.45, 7) is 1.54. The van der Waals surface area contributed by atoms with Gasteiger partial charge in [-0.25, -0.2) is 4.79 Å². The van der Waals surface area contributed by atoms with Crippen LogP contribution in [0.4, 0.5) is 4.79 Å². The second-order valence-electron chi connectivity index (χ2n) is 4.47. The minimum absolute atomic E-state index is 0.318. The lowest BCUT2D eigenvalue weighted by Gasteiger charge is -2.25. The maximum atomic E-state index is 12.0. The molecule has 0 spiro atoms. The molecule has 2 aromatic rings. The van der Waals surface area contributed by atoms with Crippen LogP contribution in [-0.2, 0) is 0 Å². The Morgan fingerprint density at radius 1 is 1.26 bits per heavy atom. The average molecular weight is 277 g/mol. The molecule has 0 aliphatic carbocycles. The van der Waals surface area contributed by atoms with Crippen molar-refractivity contribution in [3.63, 3.8) is 0 Å². The van der Waals surface area contributed by atoms with Crippen molar-refractivity contribution >= 4 is 17.4 Å². The first-order chi connectivity index (χ1) is 9.34. The Labute approximate surface area is 115 Å². The molecule has 0 unspecified atom stereocenters. The van der Waals surface area contributed by atoms with Gasteiger partial charge in [0, 0.05) is 13.1 Å². The van der Waals surface area contributed by atoms with Crippen LogP contribution in [0.3, 0.4) is 0 Å². The van der Waals surface area contributed by atoms with Gasteiger partial charge in [-0.3, -0.25) is 4.84 Å². The van der Waals surface area contributed by atoms with Gasteiger partial charge < -0.3 is 4.90 Å². The number of thiophene rings is 1. The molecule has 3 rings (SSSR count). The smallest absolute Gasteiger partial charge is 0.306 e. The first-order valence-electron chi connectivity index (χ1n) is 6.40. The zero-order valence-corrected chi connectivity index (χ0v) is 11.3. The molecule has 1 amide bonds. The van der Waals surface area contributed by atoms with Crippen LogP contribution in [0.2, 0.25) is 0 Å². The first kappa shape index (κ1) is 12.2. The van der Waals surface area contributed by atoms with Crippen molar-refractivity contribution < 1.29 is 9.63 Å². The van der Waals surface area contributed by atoms with E-state index in [4.69, 9.17) is 4.84 Å². The maximum absolute atomic E-state index is 12.0. The molecule has 1 fully saturated rings. The average Bonchev–Trinajstić information content (AvgIpc) is 3.10. The number of carbonyl (C=O) groups is 1. The van der Waals surface area contributed by atoms with E-state index >= 15 is 0 Å². The summed E-state index contributed by atoms with van der Waals surface area (Å²) in [5.41, 5.74) is 0.806. The Morgan fingerprint density at radius 2 is 2.11 bits per heavy atom. The molecule has 100 valence electrons. The highest BCUT2D eigenvalue weighted by Crippen LogP contribution is 2.23. The summed E-state index contributed by atoms with van der Waals surface area (Å²) in [5, 5.41) is 6.05. The lowest BCUT2D eigenvalue weighted by Crippen LogP contribution is -2.40. The van der Waals surface area contributed by atoms with Crippen LogP contribution >= 0.6 is 11.3 Å². The summed E-state index contributed by atoms with van der Waals surface area (Å²) in [4.78, 5) is 21.5. The lowest BCUT2D eigenvalue weighted by molar-refractivity contribution is 0.0749. The van der Waals surface area contributed by atoms with Gasteiger partial charge in [-0.05, 0) is 36.8 Å². The highest BCUT2D eigenvalue weighted by Gasteiger charge is 2.20. The minimum Gasteiger partial charge on any atom is -0.306 e. The third-order valence-electron chi connectivity index (χ3n) is 3.16. The third-order valence-corrected chi connectivity index (χ3v) is 4.05. The quantitative estimate of drug-likeness (QED) is 0.848. The van der Waals surface area contributed by atoms with Crippen LogP contribution in [0.25, 0.3) is 10.6 Å². The van der Waals surface area contributed by atoms with E-state index in [0.717, 1.165) is 36.5 Å². The highest BCUT2D eigenvalue weighted by molar-refractivity contribution is 7.13. The summed E-state index contributed by atoms with van der Waals surface area (Å²) < 4.78 is 0. The van der Waals surface area contributed by atoms with Gasteiger partial charge in [-0.1, -0.05) is 10.9 Å². The largest absolute Gasteiger partial charge is 0.435 e. The fourth-order valence-corrected chi connectivity index (χ4v) is 2.90. The monoisotopic (exact) mass is 277 g/mol. The van der Waals surface area contributed by atoms with Crippen molar-refractivity contribution in [2.45, 2.75) is 19.3 Å². The maximum Gasteiger partial charge on any atom is 0.435 e. The van der Waals surface area contributed by atoms with Crippen molar-refractivity contribution in [2.24, 2.45) is 0 Å². The van der Waals surface area contributed by atoms with Gasteiger partial charge in [-0.15, -0.1) is 16.4 Å². The molecular formula is C13H15N3O2S. The Balaban J connectivity index is 1.73. The normalized spacial score (nSPS) is 15.5. The van der Waals surface area contributed by atoms with Crippen LogP contribution in [-0.4, -0.2) is 34.0 Å². The van der Waals surface area contributed by atoms with Crippen molar-refractivity contribution in [3.8, 4) is 10.6 Å². The summed E-state index contributed by atoms with van der Waals surface area (Å²) in [5.74, 6) is 0. The number of piperidine rings is 1. The Morgan fingerprint density at radius 3 is 2.84 bits per heavy atom. The second kappa shape index (κ2) is 5.44. The zero-order chi connectivity index (χ0) is 13.1. The first-order valence-corrected chi connectivity index (χ1v) is 7.28. The highest BCUT2D eigenvalue weighted by atomic mass is 32.1. The third kappa shape index (κ3) is 2.63. The molecular weight excluding hydrogens is 262 g/mol. The van der Waals surface area contributed by atoms with Crippen LogP contribution in [0, 0.1) is 0 Å². The van der Waals surface area contributed by atoms with Gasteiger partial charge in [0.15, 0.2) is 0 Å². The van der Waals surface area contributed by atoms with Crippen molar-refractivity contribution in [2.75, 3.05) is 13.1 Å². The van der Waals surface area contributed by atoms with Gasteiger partial charge in [0.05, 0.1) is 11.1 Å². The SMILES string of the molecule is O=C(On1nccc1-c1cccs1)N1CCCCC1. The van der Waals surface area contributed by atoms with Gasteiger partial charge in [0.25, 0.3) is 0 Å². The molecule has 6 heteroatoms. The Bertz CT molecular complexity index is 544. The van der Waals surface area contributed by atoms with Gasteiger partial charge in [0.2, 0.25) is 0 Å². The van der Waals surface area contributed by atoms with Crippen LogP contribution in [0.5, 0.6) is 0 Å². The molecule has 0 saturated carbocycles. The Kier molecular flexibility index (Phi) is 3.50. The van der Waals surface area contributed by atoms with Crippen molar-refractivity contribution in [1.29, 1.82) is 0 Å². The van der Waals surface area contributed by atoms with Gasteiger partial charge in [0.1, 0.15) is 5.69 Å². The number of aromatic nitrogens is 2. The zero-order valence-electron chi connectivity index (χ0n) is 10.5. The van der Waals surface area contributed by atoms with Crippen LogP contribution in [0.1, 0.15) is 19.3 Å². The number of hydrogen-bond acceptors (Lipinski definition) is 4. The van der Waals surface area contributed by atoms with E-state index in [9.17, 15) is 4.79 Å². The molecule has 5 nitrogen and oxygen atoms in total. The predicted molar refractivity (Wildman–Crippen MR) is 72.9 cm³/mol. The molecule has 0 atom stereocenters. The molecule has 0 bridgehead atoms. The number of likely N-dealkylation sites (tertiary alicyclic amines) is 1. The van der Waals surface area contributed by atoms with E-state index in [1.165, 1.54) is 11.3 Å². The molecule has 1 aliphatic heterocycles. The summed E-state index contributed by atoms with van der Waals surface area (Å²) >= 11 is 1.59. The molecule has 19 heavy (non-hydrogen) atoms. The number of nitrogens with zero attached hydrogens (tertiary/aromatic N) is 3. The fraction of sp³-hybridized carbons (Fsp3) is 0.385. The number of rotatable bonds is 2. The molecule has 3 heterocycles. The van der Waals surface area contributed by atoms with E-state index in [-0.39, 0.29) is 6.09 Å². The second-order valence-corrected chi connectivity index (χ2v) is 5.42. The van der Waals surface area contributed by atoms with Crippen molar-refractivity contribution in [3.05, 3.63) is 29.8 Å². The van der Waals surface area contributed by atoms with Crippen LogP contribution in [0.15, 0.2) is 29.8 Å². The molecule has 1 saturated heterocycles. The van der Waals surface area contributed by atoms with E-state index in [2.05, 4.69) is 5.10 Å². The lowest BCUT2D eigenvalue weighted by atomic mass is 10.1. The fourth-order valence-electron chi connectivity index (χ4n) is 2.17. The van der Waals surface area contributed by atoms with Crippen molar-refractivity contribution in [1.82, 2.24) is 14.8 Å². The molecule has 2 aromatic heterocycles. The predicted octanol–water partition coefficient (Wildman–Crippen LogP) is 2.65. The summed E-state index contributed by atoms with van der Waals surface area (Å²) in [6.07, 6.45) is 4.60. The number of hydrogen-bond donors (Lipinski definition) is 0. The van der Waals surface area contributed by atoms with Gasteiger partial charge in [-0.2, -0.15) is 0 Å². The summed E-state index contributed by atoms with van der Waals surface area (Å²) in [7, 11) is 0.